The molecule has 1 heterocycles. The van der Waals surface area contributed by atoms with E-state index in [1.807, 2.05) is 19.9 Å². The molecule has 1 saturated heterocycles. The number of benzene rings is 2. The molecule has 10 heteroatoms. The van der Waals surface area contributed by atoms with Crippen LogP contribution >= 0.6 is 0 Å². The average molecular weight is 511 g/mol. The van der Waals surface area contributed by atoms with Gasteiger partial charge in [0.1, 0.15) is 11.8 Å². The Hall–Kier alpha value is -4.08. The van der Waals surface area contributed by atoms with Crippen LogP contribution in [0.3, 0.4) is 0 Å². The lowest BCUT2D eigenvalue weighted by molar-refractivity contribution is -0.152. The lowest BCUT2D eigenvalue weighted by Crippen LogP contribution is -2.59. The van der Waals surface area contributed by atoms with Crippen molar-refractivity contribution in [1.29, 1.82) is 0 Å². The predicted molar refractivity (Wildman–Crippen MR) is 140 cm³/mol. The molecule has 0 bridgehead atoms. The van der Waals surface area contributed by atoms with Crippen LogP contribution in [0.1, 0.15) is 32.3 Å². The van der Waals surface area contributed by atoms with E-state index in [4.69, 9.17) is 9.84 Å². The first-order chi connectivity index (χ1) is 17.7. The molecule has 0 radical (unpaired) electrons. The number of ether oxygens (including phenoxy) is 1. The number of carboxylic acids is 1. The van der Waals surface area contributed by atoms with Gasteiger partial charge in [0.25, 0.3) is 0 Å². The molecule has 1 fully saturated rings. The minimum Gasteiger partial charge on any atom is -0.495 e. The van der Waals surface area contributed by atoms with Crippen LogP contribution in [0.2, 0.25) is 0 Å². The summed E-state index contributed by atoms with van der Waals surface area (Å²) in [5, 5.41) is 14.5. The number of rotatable bonds is 10. The highest BCUT2D eigenvalue weighted by Crippen LogP contribution is 2.24. The van der Waals surface area contributed by atoms with Crippen molar-refractivity contribution in [3.8, 4) is 5.75 Å². The molecule has 10 nitrogen and oxygen atoms in total. The number of nitrogens with zero attached hydrogens (tertiary/aromatic N) is 2. The molecule has 1 atom stereocenters. The van der Waals surface area contributed by atoms with E-state index in [0.717, 1.165) is 5.56 Å². The molecule has 4 amide bonds. The molecule has 1 aliphatic heterocycles. The number of carbonyl (C=O) groups excluding carboxylic acids is 3. The zero-order chi connectivity index (χ0) is 26.9. The van der Waals surface area contributed by atoms with Crippen LogP contribution in [0.5, 0.6) is 5.75 Å². The van der Waals surface area contributed by atoms with Gasteiger partial charge < -0.3 is 30.3 Å². The zero-order valence-corrected chi connectivity index (χ0v) is 21.4. The summed E-state index contributed by atoms with van der Waals surface area (Å²) in [4.78, 5) is 52.7. The maximum absolute atomic E-state index is 13.2. The van der Waals surface area contributed by atoms with Gasteiger partial charge in [-0.1, -0.05) is 38.1 Å². The minimum atomic E-state index is -0.957. The number of nitrogens with one attached hydrogen (secondary N) is 2. The molecule has 0 saturated carbocycles. The summed E-state index contributed by atoms with van der Waals surface area (Å²) in [6.45, 7) is 4.80. The summed E-state index contributed by atoms with van der Waals surface area (Å²) in [6, 6.07) is 13.0. The molecule has 1 aliphatic rings. The number of aliphatic carboxylic acids is 1. The Kier molecular flexibility index (Phi) is 9.48. The largest absolute Gasteiger partial charge is 0.495 e. The number of hydrogen-bond donors (Lipinski definition) is 3. The van der Waals surface area contributed by atoms with Crippen molar-refractivity contribution in [2.24, 2.45) is 5.92 Å². The third-order valence-corrected chi connectivity index (χ3v) is 6.12. The van der Waals surface area contributed by atoms with Crippen LogP contribution in [0.25, 0.3) is 0 Å². The van der Waals surface area contributed by atoms with Crippen molar-refractivity contribution >= 4 is 35.2 Å². The van der Waals surface area contributed by atoms with Crippen LogP contribution in [-0.4, -0.2) is 71.5 Å². The second-order valence-corrected chi connectivity index (χ2v) is 9.35. The fraction of sp³-hybridized carbons (Fsp3) is 0.407. The molecular weight excluding hydrogens is 476 g/mol. The van der Waals surface area contributed by atoms with E-state index in [9.17, 15) is 19.2 Å². The van der Waals surface area contributed by atoms with Crippen molar-refractivity contribution in [3.05, 3.63) is 54.1 Å². The number of piperazine rings is 1. The summed E-state index contributed by atoms with van der Waals surface area (Å²) in [7, 11) is 1.53. The Bertz CT molecular complexity index is 1120. The maximum Gasteiger partial charge on any atom is 0.323 e. The van der Waals surface area contributed by atoms with Gasteiger partial charge in [0.05, 0.1) is 25.6 Å². The van der Waals surface area contributed by atoms with E-state index in [1.165, 1.54) is 7.11 Å². The number of urea groups is 1. The first-order valence-electron chi connectivity index (χ1n) is 12.3. The van der Waals surface area contributed by atoms with Crippen molar-refractivity contribution in [2.45, 2.75) is 39.2 Å². The highest BCUT2D eigenvalue weighted by Gasteiger charge is 2.37. The number of hydrogen-bond acceptors (Lipinski definition) is 5. The highest BCUT2D eigenvalue weighted by molar-refractivity contribution is 6.00. The predicted octanol–water partition coefficient (Wildman–Crippen LogP) is 3.44. The van der Waals surface area contributed by atoms with Crippen LogP contribution in [0.15, 0.2) is 48.5 Å². The van der Waals surface area contributed by atoms with Crippen molar-refractivity contribution < 1.29 is 29.0 Å². The van der Waals surface area contributed by atoms with Crippen LogP contribution in [-0.2, 0) is 20.8 Å². The molecule has 3 rings (SSSR count). The van der Waals surface area contributed by atoms with Gasteiger partial charge in [-0.2, -0.15) is 0 Å². The first kappa shape index (κ1) is 27.5. The molecule has 0 spiro atoms. The maximum atomic E-state index is 13.2. The van der Waals surface area contributed by atoms with Gasteiger partial charge in [-0.3, -0.25) is 14.4 Å². The number of methoxy groups -OCH3 is 1. The number of anilines is 2. The SMILES string of the molecule is COc1ccccc1NC(=O)Nc1ccc(CC(=O)N2CCN(CCC(=O)O)C(=O)C2CC(C)C)cc1. The summed E-state index contributed by atoms with van der Waals surface area (Å²) < 4.78 is 5.24. The Labute approximate surface area is 216 Å². The third-order valence-electron chi connectivity index (χ3n) is 6.12. The average Bonchev–Trinajstić information content (AvgIpc) is 2.85. The Balaban J connectivity index is 1.60. The fourth-order valence-corrected chi connectivity index (χ4v) is 4.28. The summed E-state index contributed by atoms with van der Waals surface area (Å²) in [5.41, 5.74) is 1.85. The van der Waals surface area contributed by atoms with E-state index in [-0.39, 0.29) is 37.1 Å². The standard InChI is InChI=1S/C27H34N4O6/c1-18(2)16-22-26(35)30(13-12-25(33)34)14-15-31(22)24(32)17-19-8-10-20(11-9-19)28-27(36)29-21-6-4-5-7-23(21)37-3/h4-11,18,22H,12-17H2,1-3H3,(H,33,34)(H2,28,29,36). The van der Waals surface area contributed by atoms with Gasteiger partial charge in [0.2, 0.25) is 11.8 Å². The lowest BCUT2D eigenvalue weighted by Gasteiger charge is -2.41. The van der Waals surface area contributed by atoms with Gasteiger partial charge >= 0.3 is 12.0 Å². The highest BCUT2D eigenvalue weighted by atomic mass is 16.5. The molecule has 2 aromatic carbocycles. The van der Waals surface area contributed by atoms with Crippen LogP contribution in [0, 0.1) is 5.92 Å². The summed E-state index contributed by atoms with van der Waals surface area (Å²) >= 11 is 0. The van der Waals surface area contributed by atoms with E-state index in [1.54, 1.807) is 52.3 Å². The zero-order valence-electron chi connectivity index (χ0n) is 21.4. The Morgan fingerprint density at radius 3 is 2.41 bits per heavy atom. The quantitative estimate of drug-likeness (QED) is 0.449. The van der Waals surface area contributed by atoms with E-state index in [2.05, 4.69) is 10.6 Å². The molecular formula is C27H34N4O6. The second-order valence-electron chi connectivity index (χ2n) is 9.35. The Morgan fingerprint density at radius 2 is 1.76 bits per heavy atom. The number of amides is 4. The molecule has 1 unspecified atom stereocenters. The molecule has 2 aromatic rings. The first-order valence-corrected chi connectivity index (χ1v) is 12.3. The monoisotopic (exact) mass is 510 g/mol. The van der Waals surface area contributed by atoms with E-state index in [0.29, 0.717) is 36.6 Å². The van der Waals surface area contributed by atoms with Gasteiger partial charge in [-0.15, -0.1) is 0 Å². The molecule has 37 heavy (non-hydrogen) atoms. The topological polar surface area (TPSA) is 128 Å². The minimum absolute atomic E-state index is 0.116. The molecule has 0 aliphatic carbocycles. The van der Waals surface area contributed by atoms with Gasteiger partial charge in [-0.05, 0) is 42.2 Å². The second kappa shape index (κ2) is 12.8. The van der Waals surface area contributed by atoms with Crippen molar-refractivity contribution in [1.82, 2.24) is 9.80 Å². The fourth-order valence-electron chi connectivity index (χ4n) is 4.28. The van der Waals surface area contributed by atoms with E-state index < -0.39 is 18.0 Å². The van der Waals surface area contributed by atoms with Crippen LogP contribution in [0.4, 0.5) is 16.2 Å². The molecule has 0 aromatic heterocycles. The van der Waals surface area contributed by atoms with Gasteiger partial charge in [-0.25, -0.2) is 4.79 Å². The van der Waals surface area contributed by atoms with Crippen molar-refractivity contribution in [2.75, 3.05) is 37.4 Å². The van der Waals surface area contributed by atoms with Crippen molar-refractivity contribution in [3.63, 3.8) is 0 Å². The summed E-state index contributed by atoms with van der Waals surface area (Å²) in [6.07, 6.45) is 0.508. The smallest absolute Gasteiger partial charge is 0.323 e. The van der Waals surface area contributed by atoms with Crippen LogP contribution < -0.4 is 15.4 Å². The molecule has 198 valence electrons. The van der Waals surface area contributed by atoms with Gasteiger partial charge in [0, 0.05) is 25.3 Å². The number of carbonyl (C=O) groups is 4. The Morgan fingerprint density at radius 1 is 1.05 bits per heavy atom. The number of carboxylic acid groups (broad SMARTS) is 1. The van der Waals surface area contributed by atoms with E-state index >= 15 is 0 Å². The summed E-state index contributed by atoms with van der Waals surface area (Å²) in [5.74, 6) is -0.580. The lowest BCUT2D eigenvalue weighted by atomic mass is 9.98. The number of para-hydroxylation sites is 2. The molecule has 3 N–H and O–H groups in total. The van der Waals surface area contributed by atoms with Gasteiger partial charge in [0.15, 0.2) is 0 Å². The normalized spacial score (nSPS) is 15.5. The third kappa shape index (κ3) is 7.70.